The Morgan fingerprint density at radius 2 is 1.83 bits per heavy atom. The van der Waals surface area contributed by atoms with Crippen LogP contribution in [0.25, 0.3) is 5.69 Å². The van der Waals surface area contributed by atoms with E-state index in [1.165, 1.54) is 0 Å². The molecule has 0 bridgehead atoms. The Bertz CT molecular complexity index is 877. The first-order valence-electron chi connectivity index (χ1n) is 10.2. The predicted octanol–water partition coefficient (Wildman–Crippen LogP) is 2.81. The van der Waals surface area contributed by atoms with Crippen LogP contribution in [0, 0.1) is 0 Å². The van der Waals surface area contributed by atoms with Crippen molar-refractivity contribution < 1.29 is 14.3 Å². The SMILES string of the molecule is CCC(C)NC(=O)CN1CCN(C(=O)c2cc(Cl)c(-n3cccc3)cc2OC)CC1. The minimum Gasteiger partial charge on any atom is -0.496 e. The number of nitrogens with zero attached hydrogens (tertiary/aromatic N) is 3. The molecule has 3 rings (SSSR count). The van der Waals surface area contributed by atoms with E-state index < -0.39 is 0 Å². The van der Waals surface area contributed by atoms with E-state index in [0.29, 0.717) is 49.1 Å². The Hall–Kier alpha value is -2.51. The van der Waals surface area contributed by atoms with Gasteiger partial charge in [-0.3, -0.25) is 14.5 Å². The van der Waals surface area contributed by atoms with Crippen molar-refractivity contribution in [2.75, 3.05) is 39.8 Å². The molecule has 1 saturated heterocycles. The second kappa shape index (κ2) is 10.00. The summed E-state index contributed by atoms with van der Waals surface area (Å²) >= 11 is 6.47. The maximum Gasteiger partial charge on any atom is 0.257 e. The number of hydrogen-bond acceptors (Lipinski definition) is 4. The van der Waals surface area contributed by atoms with Crippen molar-refractivity contribution >= 4 is 23.4 Å². The van der Waals surface area contributed by atoms with E-state index in [1.54, 1.807) is 24.1 Å². The molecule has 8 heteroatoms. The van der Waals surface area contributed by atoms with Crippen LogP contribution in [0.15, 0.2) is 36.7 Å². The second-order valence-corrected chi connectivity index (χ2v) is 7.95. The number of methoxy groups -OCH3 is 1. The summed E-state index contributed by atoms with van der Waals surface area (Å²) in [6.45, 7) is 6.79. The number of carbonyl (C=O) groups is 2. The van der Waals surface area contributed by atoms with E-state index in [1.807, 2.05) is 42.9 Å². The van der Waals surface area contributed by atoms with Crippen LogP contribution < -0.4 is 10.1 Å². The molecule has 1 unspecified atom stereocenters. The third-order valence-electron chi connectivity index (χ3n) is 5.43. The van der Waals surface area contributed by atoms with Crippen LogP contribution in [-0.2, 0) is 4.79 Å². The first-order chi connectivity index (χ1) is 14.4. The fourth-order valence-corrected chi connectivity index (χ4v) is 3.74. The fraction of sp³-hybridized carbons (Fsp3) is 0.455. The van der Waals surface area contributed by atoms with E-state index in [-0.39, 0.29) is 17.9 Å². The zero-order valence-electron chi connectivity index (χ0n) is 17.7. The molecule has 0 aliphatic carbocycles. The average molecular weight is 433 g/mol. The van der Waals surface area contributed by atoms with Gasteiger partial charge in [-0.15, -0.1) is 0 Å². The monoisotopic (exact) mass is 432 g/mol. The smallest absolute Gasteiger partial charge is 0.257 e. The number of piperazine rings is 1. The molecular weight excluding hydrogens is 404 g/mol. The van der Waals surface area contributed by atoms with Crippen LogP contribution >= 0.6 is 11.6 Å². The lowest BCUT2D eigenvalue weighted by molar-refractivity contribution is -0.123. The maximum atomic E-state index is 13.1. The summed E-state index contributed by atoms with van der Waals surface area (Å²) in [6, 6.07) is 7.44. The van der Waals surface area contributed by atoms with Crippen LogP contribution in [0.1, 0.15) is 30.6 Å². The lowest BCUT2D eigenvalue weighted by Gasteiger charge is -2.34. The van der Waals surface area contributed by atoms with Crippen molar-refractivity contribution in [1.29, 1.82) is 0 Å². The van der Waals surface area contributed by atoms with E-state index in [0.717, 1.165) is 12.1 Å². The molecule has 1 aromatic carbocycles. The number of amides is 2. The van der Waals surface area contributed by atoms with Gasteiger partial charge in [0.2, 0.25) is 5.91 Å². The lowest BCUT2D eigenvalue weighted by atomic mass is 10.1. The molecule has 162 valence electrons. The van der Waals surface area contributed by atoms with Crippen LogP contribution in [0.4, 0.5) is 0 Å². The molecule has 2 amide bonds. The van der Waals surface area contributed by atoms with Gasteiger partial charge in [-0.1, -0.05) is 18.5 Å². The molecule has 0 radical (unpaired) electrons. The van der Waals surface area contributed by atoms with Crippen molar-refractivity contribution in [3.8, 4) is 11.4 Å². The third kappa shape index (κ3) is 5.15. The number of hydrogen-bond donors (Lipinski definition) is 1. The van der Waals surface area contributed by atoms with Gasteiger partial charge in [-0.2, -0.15) is 0 Å². The van der Waals surface area contributed by atoms with Crippen molar-refractivity contribution in [3.05, 3.63) is 47.2 Å². The average Bonchev–Trinajstić information content (AvgIpc) is 3.28. The molecule has 1 aliphatic rings. The van der Waals surface area contributed by atoms with Crippen LogP contribution in [0.5, 0.6) is 5.75 Å². The molecule has 0 saturated carbocycles. The predicted molar refractivity (Wildman–Crippen MR) is 118 cm³/mol. The Morgan fingerprint density at radius 3 is 2.43 bits per heavy atom. The number of halogens is 1. The molecule has 0 spiro atoms. The van der Waals surface area contributed by atoms with Gasteiger partial charge in [0.25, 0.3) is 5.91 Å². The number of aromatic nitrogens is 1. The van der Waals surface area contributed by atoms with Crippen molar-refractivity contribution in [1.82, 2.24) is 19.7 Å². The van der Waals surface area contributed by atoms with E-state index in [9.17, 15) is 9.59 Å². The molecule has 30 heavy (non-hydrogen) atoms. The Kier molecular flexibility index (Phi) is 7.39. The van der Waals surface area contributed by atoms with E-state index >= 15 is 0 Å². The Morgan fingerprint density at radius 1 is 1.17 bits per heavy atom. The Labute approximate surface area is 182 Å². The summed E-state index contributed by atoms with van der Waals surface area (Å²) in [5.74, 6) is 0.401. The molecule has 1 aromatic heterocycles. The van der Waals surface area contributed by atoms with Gasteiger partial charge in [0, 0.05) is 50.7 Å². The normalized spacial score (nSPS) is 15.7. The summed E-state index contributed by atoms with van der Waals surface area (Å²) in [7, 11) is 1.55. The second-order valence-electron chi connectivity index (χ2n) is 7.54. The molecular formula is C22H29ClN4O3. The zero-order chi connectivity index (χ0) is 21.7. The molecule has 1 aliphatic heterocycles. The molecule has 7 nitrogen and oxygen atoms in total. The van der Waals surface area contributed by atoms with Gasteiger partial charge in [-0.25, -0.2) is 0 Å². The van der Waals surface area contributed by atoms with Gasteiger partial charge in [0.15, 0.2) is 0 Å². The van der Waals surface area contributed by atoms with E-state index in [4.69, 9.17) is 16.3 Å². The van der Waals surface area contributed by atoms with Gasteiger partial charge in [-0.05, 0) is 31.5 Å². The summed E-state index contributed by atoms with van der Waals surface area (Å²) < 4.78 is 7.37. The maximum absolute atomic E-state index is 13.1. The van der Waals surface area contributed by atoms with Crippen molar-refractivity contribution in [2.45, 2.75) is 26.3 Å². The quantitative estimate of drug-likeness (QED) is 0.730. The number of rotatable bonds is 7. The third-order valence-corrected chi connectivity index (χ3v) is 5.73. The number of benzene rings is 1. The molecule has 2 heterocycles. The summed E-state index contributed by atoms with van der Waals surface area (Å²) in [4.78, 5) is 29.1. The highest BCUT2D eigenvalue weighted by atomic mass is 35.5. The summed E-state index contributed by atoms with van der Waals surface area (Å²) in [5.41, 5.74) is 1.20. The van der Waals surface area contributed by atoms with Crippen LogP contribution in [-0.4, -0.2) is 72.1 Å². The highest BCUT2D eigenvalue weighted by Crippen LogP contribution is 2.31. The molecule has 1 N–H and O–H groups in total. The first kappa shape index (κ1) is 22.2. The largest absolute Gasteiger partial charge is 0.496 e. The van der Waals surface area contributed by atoms with Gasteiger partial charge >= 0.3 is 0 Å². The van der Waals surface area contributed by atoms with Crippen molar-refractivity contribution in [3.63, 3.8) is 0 Å². The fourth-order valence-electron chi connectivity index (χ4n) is 3.48. The minimum atomic E-state index is -0.114. The molecule has 1 atom stereocenters. The van der Waals surface area contributed by atoms with Gasteiger partial charge in [0.05, 0.1) is 29.9 Å². The Balaban J connectivity index is 1.65. The summed E-state index contributed by atoms with van der Waals surface area (Å²) in [6.07, 6.45) is 4.68. The van der Waals surface area contributed by atoms with E-state index in [2.05, 4.69) is 10.2 Å². The zero-order valence-corrected chi connectivity index (χ0v) is 18.5. The number of carbonyl (C=O) groups excluding carboxylic acids is 2. The molecule has 1 fully saturated rings. The number of nitrogens with one attached hydrogen (secondary N) is 1. The highest BCUT2D eigenvalue weighted by Gasteiger charge is 2.26. The topological polar surface area (TPSA) is 66.8 Å². The summed E-state index contributed by atoms with van der Waals surface area (Å²) in [5, 5.41) is 3.46. The lowest BCUT2D eigenvalue weighted by Crippen LogP contribution is -2.51. The van der Waals surface area contributed by atoms with Gasteiger partial charge in [0.1, 0.15) is 5.75 Å². The van der Waals surface area contributed by atoms with Crippen molar-refractivity contribution in [2.24, 2.45) is 0 Å². The highest BCUT2D eigenvalue weighted by molar-refractivity contribution is 6.33. The van der Waals surface area contributed by atoms with Crippen LogP contribution in [0.2, 0.25) is 5.02 Å². The first-order valence-corrected chi connectivity index (χ1v) is 10.6. The number of ether oxygens (including phenoxy) is 1. The molecule has 2 aromatic rings. The van der Waals surface area contributed by atoms with Crippen LogP contribution in [0.3, 0.4) is 0 Å². The standard InChI is InChI=1S/C22H29ClN4O3/c1-4-16(2)24-21(28)15-25-9-11-27(12-10-25)22(29)17-13-18(23)19(14-20(17)30-3)26-7-5-6-8-26/h5-8,13-14,16H,4,9-12,15H2,1-3H3,(H,24,28). The van der Waals surface area contributed by atoms with Gasteiger partial charge < -0.3 is 19.5 Å². The minimum absolute atomic E-state index is 0.0261.